The molecule has 4 aliphatic rings. The van der Waals surface area contributed by atoms with Crippen LogP contribution in [0.1, 0.15) is 20.7 Å². The molecule has 3 aromatic rings. The lowest BCUT2D eigenvalue weighted by molar-refractivity contribution is 0.0696. The molecule has 0 radical (unpaired) electrons. The van der Waals surface area contributed by atoms with Gasteiger partial charge in [-0.1, -0.05) is 0 Å². The zero-order valence-electron chi connectivity index (χ0n) is 22.3. The predicted molar refractivity (Wildman–Crippen MR) is 160 cm³/mol. The molecule has 10 heteroatoms. The van der Waals surface area contributed by atoms with Gasteiger partial charge < -0.3 is 29.3 Å². The third-order valence-electron chi connectivity index (χ3n) is 7.51. The smallest absolute Gasteiger partial charge is 0.336 e. The molecule has 3 aromatic carbocycles. The van der Waals surface area contributed by atoms with Crippen molar-refractivity contribution in [1.29, 1.82) is 0 Å². The van der Waals surface area contributed by atoms with Crippen molar-refractivity contribution in [2.75, 3.05) is 0 Å². The van der Waals surface area contributed by atoms with Crippen molar-refractivity contribution in [2.45, 2.75) is 0 Å². The number of phenols is 2. The minimum atomic E-state index is -1.41. The first kappa shape index (κ1) is 26.5. The average Bonchev–Trinajstić information content (AvgIpc) is 2.97. The first-order chi connectivity index (χ1) is 21.1. The van der Waals surface area contributed by atoms with Crippen molar-refractivity contribution in [3.05, 3.63) is 117 Å². The third-order valence-corrected chi connectivity index (χ3v) is 7.51. The molecule has 4 N–H and O–H groups in total. The fraction of sp³-hybridized carbons (Fsp3) is 0. The second-order valence-electron chi connectivity index (χ2n) is 10.2. The minimum absolute atomic E-state index is 0.106. The number of hydrogen-bond donors (Lipinski definition) is 4. The zero-order chi connectivity index (χ0) is 30.9. The van der Waals surface area contributed by atoms with E-state index >= 15 is 0 Å². The lowest BCUT2D eigenvalue weighted by Crippen LogP contribution is -2.09. The van der Waals surface area contributed by atoms with Crippen LogP contribution in [-0.4, -0.2) is 32.4 Å². The van der Waals surface area contributed by atoms with Crippen LogP contribution in [0.4, 0.5) is 0 Å². The zero-order valence-corrected chi connectivity index (χ0v) is 22.3. The summed E-state index contributed by atoms with van der Waals surface area (Å²) >= 11 is 0. The van der Waals surface area contributed by atoms with Gasteiger partial charge in [0.25, 0.3) is 0 Å². The molecule has 44 heavy (non-hydrogen) atoms. The number of carbonyl (C=O) groups is 2. The number of rotatable bonds is 4. The summed E-state index contributed by atoms with van der Waals surface area (Å²) in [5, 5.41) is 41.8. The number of fused-ring (bicyclic) bond motifs is 4. The molecule has 0 atom stereocenters. The van der Waals surface area contributed by atoms with Crippen molar-refractivity contribution in [3.63, 3.8) is 0 Å². The highest BCUT2D eigenvalue weighted by atomic mass is 16.4. The first-order valence-electron chi connectivity index (χ1n) is 13.1. The van der Waals surface area contributed by atoms with Gasteiger partial charge in [0, 0.05) is 57.3 Å². The summed E-state index contributed by atoms with van der Waals surface area (Å²) in [6, 6.07) is 19.1. The van der Waals surface area contributed by atoms with Gasteiger partial charge in [-0.15, -0.1) is 0 Å². The number of aromatic carboxylic acids is 2. The Bertz CT molecular complexity index is 2250. The lowest BCUT2D eigenvalue weighted by atomic mass is 9.84. The number of phenolic OH excluding ortho intramolecular Hbond substituents is 2. The molecule has 0 bridgehead atoms. The molecule has 2 aliphatic carbocycles. The maximum Gasteiger partial charge on any atom is 0.336 e. The summed E-state index contributed by atoms with van der Waals surface area (Å²) in [6.45, 7) is 0. The Kier molecular flexibility index (Phi) is 5.76. The SMILES string of the molecule is O=C(O)c1cc(C(=O)O)c(-c2c3ccc(=O)cc-3oc3cc(O)ccc23)cc1-c1c2ccc(=O)cc-2oc2cc(O)ccc12. The molecule has 214 valence electrons. The topological polar surface area (TPSA) is 175 Å². The fourth-order valence-electron chi connectivity index (χ4n) is 5.67. The van der Waals surface area contributed by atoms with Gasteiger partial charge in [0.1, 0.15) is 34.2 Å². The van der Waals surface area contributed by atoms with Crippen LogP contribution < -0.4 is 10.9 Å². The monoisotopic (exact) mass is 586 g/mol. The van der Waals surface area contributed by atoms with Crippen molar-refractivity contribution in [3.8, 4) is 56.4 Å². The van der Waals surface area contributed by atoms with Gasteiger partial charge in [0.2, 0.25) is 0 Å². The quantitative estimate of drug-likeness (QED) is 0.172. The van der Waals surface area contributed by atoms with E-state index in [0.29, 0.717) is 33.0 Å². The second-order valence-corrected chi connectivity index (χ2v) is 10.2. The summed E-state index contributed by atoms with van der Waals surface area (Å²) < 4.78 is 11.8. The number of carboxylic acids is 2. The van der Waals surface area contributed by atoms with Crippen LogP contribution in [0.25, 0.3) is 66.8 Å². The molecule has 0 amide bonds. The van der Waals surface area contributed by atoms with Gasteiger partial charge >= 0.3 is 11.9 Å². The van der Waals surface area contributed by atoms with Gasteiger partial charge in [0.15, 0.2) is 10.9 Å². The molecule has 2 heterocycles. The van der Waals surface area contributed by atoms with Crippen LogP contribution >= 0.6 is 0 Å². The van der Waals surface area contributed by atoms with Crippen molar-refractivity contribution in [2.24, 2.45) is 0 Å². The molecule has 10 nitrogen and oxygen atoms in total. The Hall–Kier alpha value is -6.42. The van der Waals surface area contributed by atoms with Crippen LogP contribution in [0.3, 0.4) is 0 Å². The van der Waals surface area contributed by atoms with E-state index in [0.717, 1.165) is 6.07 Å². The predicted octanol–water partition coefficient (Wildman–Crippen LogP) is 6.25. The standard InChI is InChI=1S/C34H18O10/c35-15-1-5-19-27(9-15)43-28-10-16(36)2-6-20(28)31(19)23-13-24(26(34(41)42)14-25(23)33(39)40)32-21-7-3-17(37)11-29(21)44-30-12-18(38)4-8-22(30)32/h1-14,35,37H,(H,39,40)(H,41,42). The van der Waals surface area contributed by atoms with E-state index in [1.54, 1.807) is 0 Å². The molecule has 0 saturated carbocycles. The van der Waals surface area contributed by atoms with E-state index < -0.39 is 11.9 Å². The Morgan fingerprint density at radius 2 is 0.932 bits per heavy atom. The van der Waals surface area contributed by atoms with Crippen molar-refractivity contribution >= 4 is 33.9 Å². The van der Waals surface area contributed by atoms with Gasteiger partial charge in [-0.2, -0.15) is 0 Å². The van der Waals surface area contributed by atoms with E-state index in [-0.39, 0.29) is 67.3 Å². The molecule has 7 rings (SSSR count). The Morgan fingerprint density at radius 1 is 0.500 bits per heavy atom. The summed E-state index contributed by atoms with van der Waals surface area (Å²) in [5.74, 6) is -2.82. The van der Waals surface area contributed by atoms with E-state index in [4.69, 9.17) is 8.83 Å². The summed E-state index contributed by atoms with van der Waals surface area (Å²) in [5.41, 5.74) is 0.520. The highest BCUT2D eigenvalue weighted by molar-refractivity contribution is 6.13. The molecule has 2 aliphatic heterocycles. The number of benzene rings is 5. The largest absolute Gasteiger partial charge is 0.508 e. The van der Waals surface area contributed by atoms with E-state index in [1.165, 1.54) is 78.9 Å². The van der Waals surface area contributed by atoms with E-state index in [1.807, 2.05) is 0 Å². The normalized spacial score (nSPS) is 11.5. The van der Waals surface area contributed by atoms with Gasteiger partial charge in [-0.25, -0.2) is 9.59 Å². The maximum atomic E-state index is 12.7. The summed E-state index contributed by atoms with van der Waals surface area (Å²) in [6.07, 6.45) is 0. The van der Waals surface area contributed by atoms with Crippen LogP contribution in [0.5, 0.6) is 11.5 Å². The molecular formula is C34H18O10. The lowest BCUT2D eigenvalue weighted by Gasteiger charge is -2.21. The Labute approximate surface area is 245 Å². The number of aromatic hydroxyl groups is 2. The summed E-state index contributed by atoms with van der Waals surface area (Å²) in [7, 11) is 0. The maximum absolute atomic E-state index is 12.7. The van der Waals surface area contributed by atoms with Gasteiger partial charge in [-0.05, 0) is 71.8 Å². The second kappa shape index (κ2) is 9.57. The number of carboxylic acid groups (broad SMARTS) is 2. The van der Waals surface area contributed by atoms with Gasteiger partial charge in [-0.3, -0.25) is 9.59 Å². The van der Waals surface area contributed by atoms with Gasteiger partial charge in [0.05, 0.1) is 11.1 Å². The average molecular weight is 587 g/mol. The third kappa shape index (κ3) is 4.12. The highest BCUT2D eigenvalue weighted by Crippen LogP contribution is 2.47. The minimum Gasteiger partial charge on any atom is -0.508 e. The molecule has 0 saturated heterocycles. The number of hydrogen-bond acceptors (Lipinski definition) is 8. The fourth-order valence-corrected chi connectivity index (χ4v) is 5.67. The summed E-state index contributed by atoms with van der Waals surface area (Å²) in [4.78, 5) is 49.9. The van der Waals surface area contributed by atoms with Crippen molar-refractivity contribution in [1.82, 2.24) is 0 Å². The van der Waals surface area contributed by atoms with Crippen LogP contribution in [-0.2, 0) is 0 Å². The van der Waals surface area contributed by atoms with Crippen LogP contribution in [0, 0.1) is 0 Å². The van der Waals surface area contributed by atoms with Crippen LogP contribution in [0.2, 0.25) is 0 Å². The Balaban J connectivity index is 1.69. The highest BCUT2D eigenvalue weighted by Gasteiger charge is 2.28. The first-order valence-corrected chi connectivity index (χ1v) is 13.1. The van der Waals surface area contributed by atoms with E-state index in [2.05, 4.69) is 0 Å². The molecule has 0 spiro atoms. The molecule has 0 fully saturated rings. The molecular weight excluding hydrogens is 568 g/mol. The van der Waals surface area contributed by atoms with Crippen molar-refractivity contribution < 1.29 is 38.8 Å². The molecule has 0 aromatic heterocycles. The van der Waals surface area contributed by atoms with Crippen LogP contribution in [0.15, 0.2) is 103 Å². The Morgan fingerprint density at radius 3 is 1.34 bits per heavy atom. The van der Waals surface area contributed by atoms with E-state index in [9.17, 15) is 39.6 Å². The molecule has 0 unspecified atom stereocenters.